The molecule has 0 aliphatic rings. The van der Waals surface area contributed by atoms with E-state index in [-0.39, 0.29) is 5.69 Å². The number of nitrogens with zero attached hydrogens (tertiary/aromatic N) is 5. The first kappa shape index (κ1) is 14.2. The Balaban J connectivity index is 1.66. The third-order valence-corrected chi connectivity index (χ3v) is 3.21. The first-order chi connectivity index (χ1) is 10.6. The van der Waals surface area contributed by atoms with Crippen LogP contribution in [0.25, 0.3) is 11.4 Å². The van der Waals surface area contributed by atoms with E-state index in [4.69, 9.17) is 16.1 Å². The fourth-order valence-corrected chi connectivity index (χ4v) is 1.98. The zero-order valence-corrected chi connectivity index (χ0v) is 12.0. The van der Waals surface area contributed by atoms with Crippen LogP contribution in [0.15, 0.2) is 41.2 Å². The summed E-state index contributed by atoms with van der Waals surface area (Å²) in [7, 11) is 0. The van der Waals surface area contributed by atoms with Gasteiger partial charge in [0.15, 0.2) is 0 Å². The summed E-state index contributed by atoms with van der Waals surface area (Å²) in [5.74, 6) is 0.904. The van der Waals surface area contributed by atoms with Gasteiger partial charge in [0.25, 0.3) is 0 Å². The lowest BCUT2D eigenvalue weighted by Crippen LogP contribution is -2.01. The van der Waals surface area contributed by atoms with Crippen molar-refractivity contribution in [1.29, 1.82) is 0 Å². The molecule has 2 aromatic heterocycles. The van der Waals surface area contributed by atoms with Crippen molar-refractivity contribution in [3.8, 4) is 11.4 Å². The Morgan fingerprint density at radius 3 is 2.77 bits per heavy atom. The second kappa shape index (κ2) is 5.94. The molecule has 9 heteroatoms. The molecule has 0 N–H and O–H groups in total. The van der Waals surface area contributed by atoms with Gasteiger partial charge in [-0.05, 0) is 24.3 Å². The van der Waals surface area contributed by atoms with Gasteiger partial charge >= 0.3 is 5.69 Å². The summed E-state index contributed by atoms with van der Waals surface area (Å²) in [6.07, 6.45) is 2.99. The van der Waals surface area contributed by atoms with Crippen molar-refractivity contribution in [2.75, 3.05) is 0 Å². The molecule has 112 valence electrons. The highest BCUT2D eigenvalue weighted by Gasteiger charge is 2.11. The number of hydrogen-bond acceptors (Lipinski definition) is 6. The summed E-state index contributed by atoms with van der Waals surface area (Å²) in [6.45, 7) is 0.413. The molecule has 0 saturated carbocycles. The Morgan fingerprint density at radius 1 is 1.32 bits per heavy atom. The zero-order valence-electron chi connectivity index (χ0n) is 11.2. The normalized spacial score (nSPS) is 10.8. The third-order valence-electron chi connectivity index (χ3n) is 2.96. The highest BCUT2D eigenvalue weighted by molar-refractivity contribution is 6.30. The largest absolute Gasteiger partial charge is 0.339 e. The van der Waals surface area contributed by atoms with E-state index in [1.54, 1.807) is 24.3 Å². The average molecular weight is 320 g/mol. The quantitative estimate of drug-likeness (QED) is 0.529. The summed E-state index contributed by atoms with van der Waals surface area (Å²) in [4.78, 5) is 14.4. The first-order valence-corrected chi connectivity index (χ1v) is 6.75. The minimum absolute atomic E-state index is 0.0487. The van der Waals surface area contributed by atoms with Crippen molar-refractivity contribution in [2.24, 2.45) is 0 Å². The van der Waals surface area contributed by atoms with E-state index in [2.05, 4.69) is 15.2 Å². The number of halogens is 1. The third kappa shape index (κ3) is 3.12. The molecule has 0 aliphatic heterocycles. The van der Waals surface area contributed by atoms with Crippen LogP contribution in [0.3, 0.4) is 0 Å². The molecule has 0 unspecified atom stereocenters. The highest BCUT2D eigenvalue weighted by Crippen LogP contribution is 2.19. The minimum atomic E-state index is -0.491. The van der Waals surface area contributed by atoms with Crippen molar-refractivity contribution in [3.63, 3.8) is 0 Å². The summed E-state index contributed by atoms with van der Waals surface area (Å²) in [6, 6.07) is 7.09. The van der Waals surface area contributed by atoms with E-state index in [9.17, 15) is 10.1 Å². The van der Waals surface area contributed by atoms with E-state index >= 15 is 0 Å². The van der Waals surface area contributed by atoms with Gasteiger partial charge in [-0.15, -0.1) is 0 Å². The maximum absolute atomic E-state index is 10.6. The molecule has 0 spiro atoms. The van der Waals surface area contributed by atoms with Crippen molar-refractivity contribution >= 4 is 17.3 Å². The maximum Gasteiger partial charge on any atom is 0.306 e. The molecule has 0 bridgehead atoms. The number of nitro groups is 1. The van der Waals surface area contributed by atoms with Crippen LogP contribution >= 0.6 is 11.6 Å². The summed E-state index contributed by atoms with van der Waals surface area (Å²) in [5.41, 5.74) is 0.751. The Bertz CT molecular complexity index is 796. The fraction of sp³-hybridized carbons (Fsp3) is 0.154. The lowest BCUT2D eigenvalue weighted by Gasteiger charge is -1.95. The molecule has 0 aliphatic carbocycles. The molecule has 3 aromatic rings. The topological polar surface area (TPSA) is 99.9 Å². The van der Waals surface area contributed by atoms with Crippen LogP contribution in [-0.2, 0) is 13.0 Å². The van der Waals surface area contributed by atoms with Crippen LogP contribution in [0.4, 0.5) is 5.69 Å². The van der Waals surface area contributed by atoms with Crippen LogP contribution in [0.1, 0.15) is 5.89 Å². The number of aromatic nitrogens is 4. The Morgan fingerprint density at radius 2 is 2.09 bits per heavy atom. The first-order valence-electron chi connectivity index (χ1n) is 6.37. The van der Waals surface area contributed by atoms with Crippen LogP contribution < -0.4 is 0 Å². The van der Waals surface area contributed by atoms with Gasteiger partial charge in [-0.2, -0.15) is 10.1 Å². The number of aryl methyl sites for hydroxylation is 2. The van der Waals surface area contributed by atoms with Gasteiger partial charge in [0.1, 0.15) is 12.4 Å². The van der Waals surface area contributed by atoms with Crippen molar-refractivity contribution in [3.05, 3.63) is 57.7 Å². The monoisotopic (exact) mass is 319 g/mol. The van der Waals surface area contributed by atoms with Gasteiger partial charge in [-0.25, -0.2) is 0 Å². The number of hydrogen-bond donors (Lipinski definition) is 0. The van der Waals surface area contributed by atoms with Crippen LogP contribution in [0, 0.1) is 10.1 Å². The molecule has 0 atom stereocenters. The second-order valence-electron chi connectivity index (χ2n) is 4.49. The highest BCUT2D eigenvalue weighted by atomic mass is 35.5. The van der Waals surface area contributed by atoms with Gasteiger partial charge in [0.05, 0.1) is 4.92 Å². The summed E-state index contributed by atoms with van der Waals surface area (Å²) >= 11 is 5.82. The van der Waals surface area contributed by atoms with Gasteiger partial charge in [0.2, 0.25) is 11.7 Å². The van der Waals surface area contributed by atoms with E-state index in [0.29, 0.717) is 29.7 Å². The van der Waals surface area contributed by atoms with Crippen LogP contribution in [-0.4, -0.2) is 24.8 Å². The Kier molecular flexibility index (Phi) is 3.84. The molecular weight excluding hydrogens is 310 g/mol. The molecule has 3 rings (SSSR count). The minimum Gasteiger partial charge on any atom is -0.339 e. The number of benzene rings is 1. The standard InChI is InChI=1S/C13H10ClN5O3/c14-10-3-1-9(2-4-10)13-16-12(22-17-13)5-6-18-8-11(7-15-18)19(20)21/h1-4,7-8H,5-6H2. The SMILES string of the molecule is O=[N+]([O-])c1cnn(CCc2nc(-c3ccc(Cl)cc3)no2)c1. The predicted molar refractivity (Wildman–Crippen MR) is 77.3 cm³/mol. The summed E-state index contributed by atoms with van der Waals surface area (Å²) < 4.78 is 6.62. The van der Waals surface area contributed by atoms with Gasteiger partial charge in [0, 0.05) is 23.6 Å². The molecule has 0 amide bonds. The smallest absolute Gasteiger partial charge is 0.306 e. The van der Waals surface area contributed by atoms with Crippen LogP contribution in [0.5, 0.6) is 0 Å². The van der Waals surface area contributed by atoms with E-state index < -0.39 is 4.92 Å². The van der Waals surface area contributed by atoms with Gasteiger partial charge < -0.3 is 4.52 Å². The molecular formula is C13H10ClN5O3. The van der Waals surface area contributed by atoms with Crippen molar-refractivity contribution in [2.45, 2.75) is 13.0 Å². The number of rotatable bonds is 5. The van der Waals surface area contributed by atoms with E-state index in [1.807, 2.05) is 0 Å². The van der Waals surface area contributed by atoms with Crippen molar-refractivity contribution in [1.82, 2.24) is 19.9 Å². The molecule has 0 fully saturated rings. The fourth-order valence-electron chi connectivity index (χ4n) is 1.85. The zero-order chi connectivity index (χ0) is 15.5. The molecule has 22 heavy (non-hydrogen) atoms. The molecule has 0 radical (unpaired) electrons. The van der Waals surface area contributed by atoms with Gasteiger partial charge in [-0.1, -0.05) is 16.8 Å². The van der Waals surface area contributed by atoms with E-state index in [0.717, 1.165) is 5.56 Å². The molecule has 2 heterocycles. The Hall–Kier alpha value is -2.74. The lowest BCUT2D eigenvalue weighted by molar-refractivity contribution is -0.385. The molecule has 1 aromatic carbocycles. The lowest BCUT2D eigenvalue weighted by atomic mass is 10.2. The predicted octanol–water partition coefficient (Wildman–Crippen LogP) is 2.74. The maximum atomic E-state index is 10.6. The average Bonchev–Trinajstić information content (AvgIpc) is 3.15. The molecule has 0 saturated heterocycles. The van der Waals surface area contributed by atoms with E-state index in [1.165, 1.54) is 17.1 Å². The van der Waals surface area contributed by atoms with Crippen LogP contribution in [0.2, 0.25) is 5.02 Å². The Labute approximate surface area is 129 Å². The molecule has 8 nitrogen and oxygen atoms in total. The van der Waals surface area contributed by atoms with Crippen molar-refractivity contribution < 1.29 is 9.45 Å². The second-order valence-corrected chi connectivity index (χ2v) is 4.92. The summed E-state index contributed by atoms with van der Waals surface area (Å²) in [5, 5.41) is 19.0. The van der Waals surface area contributed by atoms with Gasteiger partial charge in [-0.3, -0.25) is 14.8 Å².